The summed E-state index contributed by atoms with van der Waals surface area (Å²) in [4.78, 5) is 6.36. The highest BCUT2D eigenvalue weighted by atomic mass is 32.2. The molecule has 0 bridgehead atoms. The Morgan fingerprint density at radius 1 is 1.18 bits per heavy atom. The summed E-state index contributed by atoms with van der Waals surface area (Å²) in [5, 5.41) is 4.95. The molecule has 0 atom stereocenters. The van der Waals surface area contributed by atoms with Crippen LogP contribution in [0.15, 0.2) is 52.2 Å². The summed E-state index contributed by atoms with van der Waals surface area (Å²) in [6.45, 7) is 7.57. The highest BCUT2D eigenvalue weighted by Crippen LogP contribution is 2.32. The molecule has 0 amide bonds. The number of nitrogens with zero attached hydrogens (tertiary/aromatic N) is 2. The van der Waals surface area contributed by atoms with Crippen LogP contribution in [0, 0.1) is 17.6 Å². The zero-order valence-corrected chi connectivity index (χ0v) is 20.5. The lowest BCUT2D eigenvalue weighted by atomic mass is 9.84. The van der Waals surface area contributed by atoms with E-state index < -0.39 is 11.6 Å². The molecule has 1 aliphatic rings. The van der Waals surface area contributed by atoms with Gasteiger partial charge in [-0.3, -0.25) is 4.90 Å². The number of hydrogen-bond donors (Lipinski definition) is 2. The Bertz CT molecular complexity index is 1050. The van der Waals surface area contributed by atoms with E-state index in [-0.39, 0.29) is 10.5 Å². The Kier molecular flexibility index (Phi) is 7.53. The van der Waals surface area contributed by atoms with Crippen LogP contribution >= 0.6 is 23.3 Å². The van der Waals surface area contributed by atoms with Gasteiger partial charge in [-0.1, -0.05) is 24.3 Å². The van der Waals surface area contributed by atoms with Crippen LogP contribution in [0.1, 0.15) is 25.0 Å². The molecule has 0 saturated carbocycles. The van der Waals surface area contributed by atoms with Gasteiger partial charge in [-0.2, -0.15) is 0 Å². The van der Waals surface area contributed by atoms with Gasteiger partial charge in [0.05, 0.1) is 11.1 Å². The fraction of sp³-hybridized carbons (Fsp3) is 0.375. The maximum Gasteiger partial charge on any atom is 0.147 e. The van der Waals surface area contributed by atoms with Gasteiger partial charge in [-0.15, -0.1) is 11.3 Å². The Morgan fingerprint density at radius 2 is 1.88 bits per heavy atom. The molecule has 0 radical (unpaired) electrons. The lowest BCUT2D eigenvalue weighted by Crippen LogP contribution is -2.55. The fourth-order valence-electron chi connectivity index (χ4n) is 3.75. The van der Waals surface area contributed by atoms with Gasteiger partial charge in [0.1, 0.15) is 22.3 Å². The molecular weight excluding hydrogens is 462 g/mol. The first-order valence-corrected chi connectivity index (χ1v) is 12.5. The molecule has 4 rings (SSSR count). The average molecular weight is 491 g/mol. The number of likely N-dealkylation sites (tertiary alicyclic amines) is 1. The summed E-state index contributed by atoms with van der Waals surface area (Å²) in [6, 6.07) is 10.8. The number of halogens is 2. The molecule has 3 aromatic rings. The Balaban J connectivity index is 1.36. The molecule has 9 heteroatoms. The number of thiazole rings is 1. The third kappa shape index (κ3) is 5.84. The van der Waals surface area contributed by atoms with Crippen molar-refractivity contribution >= 4 is 34.8 Å². The molecule has 1 fully saturated rings. The van der Waals surface area contributed by atoms with Crippen molar-refractivity contribution < 1.29 is 13.5 Å². The monoisotopic (exact) mass is 490 g/mol. The second kappa shape index (κ2) is 10.4. The second-order valence-electron chi connectivity index (χ2n) is 8.67. The van der Waals surface area contributed by atoms with Crippen LogP contribution in [-0.4, -0.2) is 35.7 Å². The number of ether oxygens (including phenoxy) is 1. The van der Waals surface area contributed by atoms with E-state index in [4.69, 9.17) is 4.74 Å². The van der Waals surface area contributed by atoms with E-state index in [0.717, 1.165) is 37.1 Å². The van der Waals surface area contributed by atoms with E-state index in [9.17, 15) is 8.78 Å². The highest BCUT2D eigenvalue weighted by molar-refractivity contribution is 8.00. The summed E-state index contributed by atoms with van der Waals surface area (Å²) in [5.74, 6) is -0.154. The Hall–Kier alpha value is -2.20. The molecule has 1 saturated heterocycles. The van der Waals surface area contributed by atoms with Crippen molar-refractivity contribution in [1.82, 2.24) is 9.88 Å². The zero-order valence-electron chi connectivity index (χ0n) is 18.9. The minimum atomic E-state index is -0.620. The lowest BCUT2D eigenvalue weighted by molar-refractivity contribution is -0.0901. The first kappa shape index (κ1) is 23.9. The second-order valence-corrected chi connectivity index (χ2v) is 10.2. The van der Waals surface area contributed by atoms with E-state index >= 15 is 0 Å². The third-order valence-corrected chi connectivity index (χ3v) is 7.64. The van der Waals surface area contributed by atoms with Crippen molar-refractivity contribution in [2.45, 2.75) is 37.4 Å². The normalized spacial score (nSPS) is 14.8. The molecular formula is C24H28F2N4OS2. The average Bonchev–Trinajstić information content (AvgIpc) is 3.28. The van der Waals surface area contributed by atoms with Gasteiger partial charge in [0.2, 0.25) is 0 Å². The van der Waals surface area contributed by atoms with Crippen molar-refractivity contribution in [2.75, 3.05) is 30.2 Å². The molecule has 33 heavy (non-hydrogen) atoms. The smallest absolute Gasteiger partial charge is 0.147 e. The predicted octanol–water partition coefficient (Wildman–Crippen LogP) is 6.01. The molecule has 2 N–H and O–H groups in total. The van der Waals surface area contributed by atoms with Crippen molar-refractivity contribution in [3.63, 3.8) is 0 Å². The molecule has 2 aromatic carbocycles. The van der Waals surface area contributed by atoms with Gasteiger partial charge in [-0.05, 0) is 49.1 Å². The minimum Gasteiger partial charge on any atom is -0.381 e. The molecule has 0 unspecified atom stereocenters. The van der Waals surface area contributed by atoms with Crippen LogP contribution < -0.4 is 10.0 Å². The molecule has 1 aliphatic heterocycles. The highest BCUT2D eigenvalue weighted by Gasteiger charge is 2.38. The molecule has 176 valence electrons. The van der Waals surface area contributed by atoms with Crippen LogP contribution in [0.3, 0.4) is 0 Å². The van der Waals surface area contributed by atoms with Gasteiger partial charge < -0.3 is 14.8 Å². The molecule has 0 aliphatic carbocycles. The van der Waals surface area contributed by atoms with Crippen molar-refractivity contribution in [3.05, 3.63) is 70.1 Å². The Morgan fingerprint density at radius 3 is 2.52 bits per heavy atom. The maximum atomic E-state index is 14.6. The van der Waals surface area contributed by atoms with Gasteiger partial charge in [-0.25, -0.2) is 13.8 Å². The summed E-state index contributed by atoms with van der Waals surface area (Å²) in [5.41, 5.74) is 4.26. The van der Waals surface area contributed by atoms with E-state index in [1.165, 1.54) is 29.0 Å². The quantitative estimate of drug-likeness (QED) is 0.340. The Labute approximate surface area is 201 Å². The van der Waals surface area contributed by atoms with E-state index in [2.05, 4.69) is 39.8 Å². The maximum absolute atomic E-state index is 14.6. The van der Waals surface area contributed by atoms with E-state index in [1.54, 1.807) is 18.0 Å². The largest absolute Gasteiger partial charge is 0.381 e. The minimum absolute atomic E-state index is 0.0831. The van der Waals surface area contributed by atoms with Crippen LogP contribution in [-0.2, 0) is 17.8 Å². The number of rotatable bonds is 10. The van der Waals surface area contributed by atoms with Crippen LogP contribution in [0.5, 0.6) is 0 Å². The summed E-state index contributed by atoms with van der Waals surface area (Å²) < 4.78 is 37.6. The van der Waals surface area contributed by atoms with Gasteiger partial charge >= 0.3 is 0 Å². The van der Waals surface area contributed by atoms with Crippen molar-refractivity contribution in [2.24, 2.45) is 5.92 Å². The van der Waals surface area contributed by atoms with E-state index in [1.807, 2.05) is 18.2 Å². The summed E-state index contributed by atoms with van der Waals surface area (Å²) in [6.07, 6.45) is 0. The van der Waals surface area contributed by atoms with Crippen LogP contribution in [0.4, 0.5) is 20.3 Å². The zero-order chi connectivity index (χ0) is 23.4. The van der Waals surface area contributed by atoms with Crippen molar-refractivity contribution in [1.29, 1.82) is 0 Å². The van der Waals surface area contributed by atoms with Gasteiger partial charge in [0.25, 0.3) is 0 Å². The fourth-order valence-corrected chi connectivity index (χ4v) is 4.94. The lowest BCUT2D eigenvalue weighted by Gasteiger charge is -2.47. The molecule has 5 nitrogen and oxygen atoms in total. The summed E-state index contributed by atoms with van der Waals surface area (Å²) in [7, 11) is 1.76. The third-order valence-electron chi connectivity index (χ3n) is 6.15. The SMILES string of the molecule is COC(C)(C)C1CN(Cc2ccccc2CNc2cc(F)c(SNc3cscn3)c(F)c2)C1. The number of aromatic nitrogens is 1. The first-order valence-electron chi connectivity index (χ1n) is 10.7. The topological polar surface area (TPSA) is 49.4 Å². The van der Waals surface area contributed by atoms with Gasteiger partial charge in [0, 0.05) is 50.3 Å². The van der Waals surface area contributed by atoms with Crippen LogP contribution in [0.2, 0.25) is 0 Å². The van der Waals surface area contributed by atoms with Crippen LogP contribution in [0.25, 0.3) is 0 Å². The molecule has 2 heterocycles. The number of hydrogen-bond acceptors (Lipinski definition) is 7. The van der Waals surface area contributed by atoms with Gasteiger partial charge in [0.15, 0.2) is 0 Å². The first-order chi connectivity index (χ1) is 15.9. The predicted molar refractivity (Wildman–Crippen MR) is 132 cm³/mol. The standard InChI is InChI=1S/C24H28F2N4OS2/c1-24(2,31-3)18-12-30(13-18)11-17-7-5-4-6-16(17)10-27-19-8-20(25)23(21(26)9-19)33-29-22-14-32-15-28-22/h4-9,14-15,18,27,29H,10-13H2,1-3H3. The number of anilines is 2. The molecule has 1 aromatic heterocycles. The number of benzene rings is 2. The summed E-state index contributed by atoms with van der Waals surface area (Å²) >= 11 is 2.29. The van der Waals surface area contributed by atoms with Crippen molar-refractivity contribution in [3.8, 4) is 0 Å². The van der Waals surface area contributed by atoms with E-state index in [0.29, 0.717) is 24.0 Å². The number of nitrogens with one attached hydrogen (secondary N) is 2. The molecule has 0 spiro atoms. The number of methoxy groups -OCH3 is 1.